The maximum absolute atomic E-state index is 12.3. The molecule has 1 heterocycles. The first-order valence-corrected chi connectivity index (χ1v) is 7.20. The van der Waals surface area contributed by atoms with Gasteiger partial charge in [-0.2, -0.15) is 0 Å². The largest absolute Gasteiger partial charge is 0.497 e. The fourth-order valence-electron chi connectivity index (χ4n) is 2.39. The summed E-state index contributed by atoms with van der Waals surface area (Å²) in [6, 6.07) is 14.7. The standard InChI is InChI=1S/C18H16N2O3/c1-23-13-8-6-12(7-9-13)10-20-18(22)17(21)15-11-19-16-5-3-2-4-14(15)16/h2-9,11,19H,10H2,1H3,(H,20,22). The average molecular weight is 308 g/mol. The molecule has 0 atom stereocenters. The summed E-state index contributed by atoms with van der Waals surface area (Å²) in [7, 11) is 1.59. The van der Waals surface area contributed by atoms with E-state index >= 15 is 0 Å². The number of carbonyl (C=O) groups excluding carboxylic acids is 2. The second kappa shape index (κ2) is 6.36. The molecule has 0 saturated carbocycles. The predicted octanol–water partition coefficient (Wildman–Crippen LogP) is 2.68. The lowest BCUT2D eigenvalue weighted by Gasteiger charge is -2.05. The van der Waals surface area contributed by atoms with Crippen molar-refractivity contribution in [3.8, 4) is 5.75 Å². The Morgan fingerprint density at radius 1 is 1.09 bits per heavy atom. The van der Waals surface area contributed by atoms with Gasteiger partial charge >= 0.3 is 0 Å². The highest BCUT2D eigenvalue weighted by atomic mass is 16.5. The number of benzene rings is 2. The fraction of sp³-hybridized carbons (Fsp3) is 0.111. The number of fused-ring (bicyclic) bond motifs is 1. The molecule has 0 radical (unpaired) electrons. The van der Waals surface area contributed by atoms with Crippen LogP contribution in [0.3, 0.4) is 0 Å². The Morgan fingerprint density at radius 3 is 2.57 bits per heavy atom. The highest BCUT2D eigenvalue weighted by molar-refractivity contribution is 6.44. The topological polar surface area (TPSA) is 71.2 Å². The first-order valence-electron chi connectivity index (χ1n) is 7.20. The van der Waals surface area contributed by atoms with E-state index in [1.807, 2.05) is 48.5 Å². The third kappa shape index (κ3) is 3.08. The van der Waals surface area contributed by atoms with E-state index in [1.54, 1.807) is 13.3 Å². The van der Waals surface area contributed by atoms with Crippen molar-refractivity contribution in [3.05, 3.63) is 65.9 Å². The number of amides is 1. The minimum absolute atomic E-state index is 0.289. The lowest BCUT2D eigenvalue weighted by atomic mass is 10.1. The van der Waals surface area contributed by atoms with Gasteiger partial charge in [-0.15, -0.1) is 0 Å². The number of hydrogen-bond acceptors (Lipinski definition) is 3. The average Bonchev–Trinajstić information content (AvgIpc) is 3.03. The second-order valence-corrected chi connectivity index (χ2v) is 5.11. The van der Waals surface area contributed by atoms with Crippen molar-refractivity contribution in [2.45, 2.75) is 6.54 Å². The summed E-state index contributed by atoms with van der Waals surface area (Å²) >= 11 is 0. The molecule has 2 N–H and O–H groups in total. The van der Waals surface area contributed by atoms with E-state index in [0.29, 0.717) is 5.56 Å². The van der Waals surface area contributed by atoms with Gasteiger partial charge in [0.05, 0.1) is 12.7 Å². The Labute approximate surface area is 133 Å². The number of aromatic nitrogens is 1. The molecule has 5 heteroatoms. The monoisotopic (exact) mass is 308 g/mol. The van der Waals surface area contributed by atoms with Crippen LogP contribution in [-0.2, 0) is 11.3 Å². The smallest absolute Gasteiger partial charge is 0.292 e. The number of nitrogens with one attached hydrogen (secondary N) is 2. The van der Waals surface area contributed by atoms with E-state index in [4.69, 9.17) is 4.74 Å². The summed E-state index contributed by atoms with van der Waals surface area (Å²) in [5.41, 5.74) is 2.11. The van der Waals surface area contributed by atoms with Gasteiger partial charge in [0.1, 0.15) is 5.75 Å². The molecule has 0 aliphatic rings. The van der Waals surface area contributed by atoms with Crippen molar-refractivity contribution in [2.24, 2.45) is 0 Å². The molecule has 23 heavy (non-hydrogen) atoms. The van der Waals surface area contributed by atoms with Gasteiger partial charge in [0.15, 0.2) is 0 Å². The number of rotatable bonds is 5. The first-order chi connectivity index (χ1) is 11.2. The van der Waals surface area contributed by atoms with E-state index in [0.717, 1.165) is 22.2 Å². The van der Waals surface area contributed by atoms with Gasteiger partial charge in [-0.1, -0.05) is 30.3 Å². The summed E-state index contributed by atoms with van der Waals surface area (Å²) in [4.78, 5) is 27.4. The van der Waals surface area contributed by atoms with Crippen molar-refractivity contribution in [1.82, 2.24) is 10.3 Å². The molecule has 2 aromatic carbocycles. The van der Waals surface area contributed by atoms with Crippen LogP contribution in [0.25, 0.3) is 10.9 Å². The van der Waals surface area contributed by atoms with Crippen molar-refractivity contribution < 1.29 is 14.3 Å². The number of H-pyrrole nitrogens is 1. The Hall–Kier alpha value is -3.08. The highest BCUT2D eigenvalue weighted by Gasteiger charge is 2.19. The van der Waals surface area contributed by atoms with Crippen molar-refractivity contribution >= 4 is 22.6 Å². The van der Waals surface area contributed by atoms with Crippen molar-refractivity contribution in [2.75, 3.05) is 7.11 Å². The quantitative estimate of drug-likeness (QED) is 0.562. The normalized spacial score (nSPS) is 10.5. The van der Waals surface area contributed by atoms with Gasteiger partial charge in [-0.3, -0.25) is 9.59 Å². The lowest BCUT2D eigenvalue weighted by Crippen LogP contribution is -2.30. The molecular formula is C18H16N2O3. The molecule has 1 aromatic heterocycles. The number of Topliss-reactive ketones (excluding diaryl/α,β-unsaturated/α-hetero) is 1. The Balaban J connectivity index is 1.69. The van der Waals surface area contributed by atoms with Gasteiger partial charge in [0, 0.05) is 23.6 Å². The SMILES string of the molecule is COc1ccc(CNC(=O)C(=O)c2c[nH]c3ccccc23)cc1. The fourth-order valence-corrected chi connectivity index (χ4v) is 2.39. The maximum atomic E-state index is 12.3. The number of ether oxygens (including phenoxy) is 1. The molecule has 0 fully saturated rings. The third-order valence-electron chi connectivity index (χ3n) is 3.65. The highest BCUT2D eigenvalue weighted by Crippen LogP contribution is 2.18. The summed E-state index contributed by atoms with van der Waals surface area (Å²) in [5, 5.41) is 3.39. The molecule has 5 nitrogen and oxygen atoms in total. The lowest BCUT2D eigenvalue weighted by molar-refractivity contribution is -0.117. The summed E-state index contributed by atoms with van der Waals surface area (Å²) < 4.78 is 5.08. The second-order valence-electron chi connectivity index (χ2n) is 5.11. The van der Waals surface area contributed by atoms with Crippen LogP contribution in [0, 0.1) is 0 Å². The number of ketones is 1. The van der Waals surface area contributed by atoms with E-state index < -0.39 is 11.7 Å². The molecule has 3 aromatic rings. The first kappa shape index (κ1) is 14.8. The molecule has 0 bridgehead atoms. The zero-order valence-corrected chi connectivity index (χ0v) is 12.6. The van der Waals surface area contributed by atoms with E-state index in [1.165, 1.54) is 0 Å². The van der Waals surface area contributed by atoms with Gasteiger partial charge in [0.25, 0.3) is 11.7 Å². The molecule has 3 rings (SSSR count). The number of hydrogen-bond donors (Lipinski definition) is 2. The number of aromatic amines is 1. The van der Waals surface area contributed by atoms with Gasteiger partial charge in [-0.05, 0) is 23.8 Å². The summed E-state index contributed by atoms with van der Waals surface area (Å²) in [5.74, 6) is -0.420. The Bertz CT molecular complexity index is 850. The van der Waals surface area contributed by atoms with Crippen LogP contribution in [0.15, 0.2) is 54.7 Å². The molecule has 116 valence electrons. The van der Waals surface area contributed by atoms with Gasteiger partial charge in [0.2, 0.25) is 0 Å². The molecule has 0 aliphatic carbocycles. The predicted molar refractivity (Wildman–Crippen MR) is 87.5 cm³/mol. The summed E-state index contributed by atoms with van der Waals surface area (Å²) in [6.45, 7) is 0.289. The number of methoxy groups -OCH3 is 1. The van der Waals surface area contributed by atoms with Crippen LogP contribution in [0.2, 0.25) is 0 Å². The van der Waals surface area contributed by atoms with Crippen LogP contribution in [0.5, 0.6) is 5.75 Å². The number of carbonyl (C=O) groups is 2. The molecular weight excluding hydrogens is 292 g/mol. The third-order valence-corrected chi connectivity index (χ3v) is 3.65. The Morgan fingerprint density at radius 2 is 1.83 bits per heavy atom. The zero-order valence-electron chi connectivity index (χ0n) is 12.6. The van der Waals surface area contributed by atoms with Crippen LogP contribution >= 0.6 is 0 Å². The molecule has 0 unspecified atom stereocenters. The summed E-state index contributed by atoms with van der Waals surface area (Å²) in [6.07, 6.45) is 1.57. The minimum Gasteiger partial charge on any atom is -0.497 e. The van der Waals surface area contributed by atoms with E-state index in [9.17, 15) is 9.59 Å². The number of para-hydroxylation sites is 1. The van der Waals surface area contributed by atoms with Gasteiger partial charge < -0.3 is 15.0 Å². The molecule has 0 spiro atoms. The van der Waals surface area contributed by atoms with Gasteiger partial charge in [-0.25, -0.2) is 0 Å². The van der Waals surface area contributed by atoms with Crippen molar-refractivity contribution in [3.63, 3.8) is 0 Å². The van der Waals surface area contributed by atoms with Crippen LogP contribution in [-0.4, -0.2) is 23.8 Å². The minimum atomic E-state index is -0.620. The van der Waals surface area contributed by atoms with E-state index in [-0.39, 0.29) is 6.54 Å². The maximum Gasteiger partial charge on any atom is 0.292 e. The molecule has 0 saturated heterocycles. The molecule has 0 aliphatic heterocycles. The Kier molecular flexibility index (Phi) is 4.10. The van der Waals surface area contributed by atoms with E-state index in [2.05, 4.69) is 10.3 Å². The zero-order chi connectivity index (χ0) is 16.2. The van der Waals surface area contributed by atoms with Crippen molar-refractivity contribution in [1.29, 1.82) is 0 Å². The van der Waals surface area contributed by atoms with Crippen LogP contribution in [0.4, 0.5) is 0 Å². The van der Waals surface area contributed by atoms with Crippen LogP contribution < -0.4 is 10.1 Å². The molecule has 1 amide bonds. The van der Waals surface area contributed by atoms with Crippen LogP contribution in [0.1, 0.15) is 15.9 Å².